The van der Waals surface area contributed by atoms with Crippen LogP contribution in [0.15, 0.2) is 24.3 Å². The first-order valence-corrected chi connectivity index (χ1v) is 7.45. The highest BCUT2D eigenvalue weighted by molar-refractivity contribution is 5.88. The first kappa shape index (κ1) is 16.7. The van der Waals surface area contributed by atoms with Gasteiger partial charge >= 0.3 is 0 Å². The number of hydrogen-bond donors (Lipinski definition) is 2. The Morgan fingerprint density at radius 2 is 1.85 bits per heavy atom. The minimum absolute atomic E-state index is 0.0357. The van der Waals surface area contributed by atoms with Gasteiger partial charge in [0.05, 0.1) is 0 Å². The Bertz CT molecular complexity index is 389. The van der Waals surface area contributed by atoms with Crippen LogP contribution < -0.4 is 10.6 Å². The van der Waals surface area contributed by atoms with Gasteiger partial charge in [-0.3, -0.25) is 4.79 Å². The van der Waals surface area contributed by atoms with Crippen molar-refractivity contribution in [1.82, 2.24) is 10.2 Å². The molecule has 0 aliphatic carbocycles. The molecule has 20 heavy (non-hydrogen) atoms. The molecule has 0 radical (unpaired) electrons. The number of nitrogens with one attached hydrogen (secondary N) is 2. The quantitative estimate of drug-likeness (QED) is 0.682. The predicted molar refractivity (Wildman–Crippen MR) is 84.9 cm³/mol. The van der Waals surface area contributed by atoms with Crippen LogP contribution in [0.3, 0.4) is 0 Å². The molecule has 0 fully saturated rings. The average Bonchev–Trinajstić information content (AvgIpc) is 2.43. The van der Waals surface area contributed by atoms with Gasteiger partial charge in [0.2, 0.25) is 5.91 Å². The molecule has 0 spiro atoms. The Morgan fingerprint density at radius 1 is 1.15 bits per heavy atom. The van der Waals surface area contributed by atoms with E-state index in [0.717, 1.165) is 31.9 Å². The Kier molecular flexibility index (Phi) is 7.92. The minimum atomic E-state index is -0.0357. The fourth-order valence-corrected chi connectivity index (χ4v) is 2.12. The zero-order chi connectivity index (χ0) is 14.8. The van der Waals surface area contributed by atoms with E-state index in [0.29, 0.717) is 0 Å². The first-order valence-electron chi connectivity index (χ1n) is 7.45. The first-order chi connectivity index (χ1) is 9.65. The number of amides is 1. The molecular weight excluding hydrogens is 250 g/mol. The van der Waals surface area contributed by atoms with E-state index in [1.54, 1.807) is 0 Å². The summed E-state index contributed by atoms with van der Waals surface area (Å²) in [7, 11) is 0. The second-order valence-corrected chi connectivity index (χ2v) is 4.99. The van der Waals surface area contributed by atoms with E-state index in [9.17, 15) is 4.79 Å². The van der Waals surface area contributed by atoms with E-state index in [1.807, 2.05) is 24.3 Å². The van der Waals surface area contributed by atoms with Crippen molar-refractivity contribution in [2.75, 3.05) is 31.5 Å². The average molecular weight is 277 g/mol. The molecule has 0 aliphatic heterocycles. The smallest absolute Gasteiger partial charge is 0.221 e. The van der Waals surface area contributed by atoms with Crippen molar-refractivity contribution in [3.8, 4) is 0 Å². The molecule has 0 unspecified atom stereocenters. The summed E-state index contributed by atoms with van der Waals surface area (Å²) < 4.78 is 0. The topological polar surface area (TPSA) is 44.4 Å². The van der Waals surface area contributed by atoms with E-state index >= 15 is 0 Å². The van der Waals surface area contributed by atoms with Gasteiger partial charge in [-0.2, -0.15) is 0 Å². The predicted octanol–water partition coefficient (Wildman–Crippen LogP) is 2.47. The van der Waals surface area contributed by atoms with Crippen molar-refractivity contribution in [1.29, 1.82) is 0 Å². The van der Waals surface area contributed by atoms with Crippen LogP contribution in [0.25, 0.3) is 0 Å². The van der Waals surface area contributed by atoms with Gasteiger partial charge in [-0.25, -0.2) is 0 Å². The fourth-order valence-electron chi connectivity index (χ4n) is 2.12. The molecular formula is C16H27N3O. The molecule has 2 N–H and O–H groups in total. The summed E-state index contributed by atoms with van der Waals surface area (Å²) in [5, 5.41) is 6.23. The molecule has 4 heteroatoms. The highest BCUT2D eigenvalue weighted by Gasteiger charge is 2.00. The molecule has 0 bridgehead atoms. The van der Waals surface area contributed by atoms with E-state index in [1.165, 1.54) is 25.5 Å². The van der Waals surface area contributed by atoms with Gasteiger partial charge < -0.3 is 15.5 Å². The van der Waals surface area contributed by atoms with Gasteiger partial charge in [0.25, 0.3) is 0 Å². The van der Waals surface area contributed by atoms with Crippen LogP contribution in [0.1, 0.15) is 32.8 Å². The fraction of sp³-hybridized carbons (Fsp3) is 0.562. The molecule has 0 saturated heterocycles. The second kappa shape index (κ2) is 9.50. The SMILES string of the molecule is CCCN(CC)CCNCc1ccc(NC(C)=O)cc1. The van der Waals surface area contributed by atoms with E-state index in [-0.39, 0.29) is 5.91 Å². The van der Waals surface area contributed by atoms with Crippen LogP contribution in [0.2, 0.25) is 0 Å². The maximum Gasteiger partial charge on any atom is 0.221 e. The second-order valence-electron chi connectivity index (χ2n) is 4.99. The van der Waals surface area contributed by atoms with Gasteiger partial charge in [0.1, 0.15) is 0 Å². The van der Waals surface area contributed by atoms with Crippen LogP contribution in [0, 0.1) is 0 Å². The van der Waals surface area contributed by atoms with Crippen molar-refractivity contribution in [3.05, 3.63) is 29.8 Å². The molecule has 1 rings (SSSR count). The summed E-state index contributed by atoms with van der Waals surface area (Å²) in [5.41, 5.74) is 2.08. The van der Waals surface area contributed by atoms with Gasteiger partial charge in [-0.1, -0.05) is 26.0 Å². The van der Waals surface area contributed by atoms with Crippen LogP contribution in [-0.4, -0.2) is 37.0 Å². The lowest BCUT2D eigenvalue weighted by Crippen LogP contribution is -2.32. The van der Waals surface area contributed by atoms with E-state index < -0.39 is 0 Å². The molecule has 0 aromatic heterocycles. The number of nitrogens with zero attached hydrogens (tertiary/aromatic N) is 1. The number of likely N-dealkylation sites (N-methyl/N-ethyl adjacent to an activating group) is 1. The number of rotatable bonds is 9. The number of benzene rings is 1. The van der Waals surface area contributed by atoms with Gasteiger partial charge in [-0.05, 0) is 37.2 Å². The van der Waals surface area contributed by atoms with Crippen molar-refractivity contribution in [2.45, 2.75) is 33.7 Å². The van der Waals surface area contributed by atoms with E-state index in [4.69, 9.17) is 0 Å². The summed E-state index contributed by atoms with van der Waals surface area (Å²) >= 11 is 0. The van der Waals surface area contributed by atoms with Crippen molar-refractivity contribution < 1.29 is 4.79 Å². The number of hydrogen-bond acceptors (Lipinski definition) is 3. The van der Waals surface area contributed by atoms with Crippen molar-refractivity contribution in [3.63, 3.8) is 0 Å². The molecule has 112 valence electrons. The van der Waals surface area contributed by atoms with Crippen LogP contribution in [0.4, 0.5) is 5.69 Å². The molecule has 0 aliphatic rings. The molecule has 0 heterocycles. The highest BCUT2D eigenvalue weighted by atomic mass is 16.1. The van der Waals surface area contributed by atoms with Crippen LogP contribution in [-0.2, 0) is 11.3 Å². The lowest BCUT2D eigenvalue weighted by molar-refractivity contribution is -0.114. The van der Waals surface area contributed by atoms with Gasteiger partial charge in [0, 0.05) is 32.2 Å². The minimum Gasteiger partial charge on any atom is -0.326 e. The Labute approximate surface area is 122 Å². The Balaban J connectivity index is 2.26. The molecule has 1 amide bonds. The summed E-state index contributed by atoms with van der Waals surface area (Å²) in [5.74, 6) is -0.0357. The number of anilines is 1. The van der Waals surface area contributed by atoms with Crippen LogP contribution >= 0.6 is 0 Å². The molecule has 0 atom stereocenters. The van der Waals surface area contributed by atoms with E-state index in [2.05, 4.69) is 29.4 Å². The molecule has 4 nitrogen and oxygen atoms in total. The molecule has 0 saturated carbocycles. The summed E-state index contributed by atoms with van der Waals surface area (Å²) in [6.07, 6.45) is 1.21. The third-order valence-electron chi connectivity index (χ3n) is 3.20. The zero-order valence-corrected chi connectivity index (χ0v) is 12.9. The lowest BCUT2D eigenvalue weighted by Gasteiger charge is -2.19. The largest absolute Gasteiger partial charge is 0.326 e. The Morgan fingerprint density at radius 3 is 2.40 bits per heavy atom. The number of carbonyl (C=O) groups excluding carboxylic acids is 1. The third-order valence-corrected chi connectivity index (χ3v) is 3.20. The summed E-state index contributed by atoms with van der Waals surface area (Å²) in [6.45, 7) is 11.2. The van der Waals surface area contributed by atoms with Crippen molar-refractivity contribution in [2.24, 2.45) is 0 Å². The highest BCUT2D eigenvalue weighted by Crippen LogP contribution is 2.09. The standard InChI is InChI=1S/C16H27N3O/c1-4-11-19(5-2)12-10-17-13-15-6-8-16(9-7-15)18-14(3)20/h6-9,17H,4-5,10-13H2,1-3H3,(H,18,20). The molecule has 1 aromatic rings. The molecule has 1 aromatic carbocycles. The lowest BCUT2D eigenvalue weighted by atomic mass is 10.2. The summed E-state index contributed by atoms with van der Waals surface area (Å²) in [6, 6.07) is 7.96. The Hall–Kier alpha value is -1.39. The van der Waals surface area contributed by atoms with Gasteiger partial charge in [0.15, 0.2) is 0 Å². The van der Waals surface area contributed by atoms with Crippen molar-refractivity contribution >= 4 is 11.6 Å². The van der Waals surface area contributed by atoms with Crippen LogP contribution in [0.5, 0.6) is 0 Å². The third kappa shape index (κ3) is 6.68. The van der Waals surface area contributed by atoms with Gasteiger partial charge in [-0.15, -0.1) is 0 Å². The maximum atomic E-state index is 10.9. The normalized spacial score (nSPS) is 10.8. The summed E-state index contributed by atoms with van der Waals surface area (Å²) in [4.78, 5) is 13.4. The monoisotopic (exact) mass is 277 g/mol. The zero-order valence-electron chi connectivity index (χ0n) is 12.9. The number of carbonyl (C=O) groups is 1. The maximum absolute atomic E-state index is 10.9.